The highest BCUT2D eigenvalue weighted by molar-refractivity contribution is 6.45. The first-order chi connectivity index (χ1) is 14.3. The molecule has 2 aromatic rings. The zero-order valence-corrected chi connectivity index (χ0v) is 16.7. The van der Waals surface area contributed by atoms with Gasteiger partial charge in [0.15, 0.2) is 0 Å². The van der Waals surface area contributed by atoms with Gasteiger partial charge < -0.3 is 4.90 Å². The smallest absolute Gasteiger partial charge is 0.282 e. The predicted molar refractivity (Wildman–Crippen MR) is 107 cm³/mol. The van der Waals surface area contributed by atoms with E-state index in [4.69, 9.17) is 0 Å². The fourth-order valence-electron chi connectivity index (χ4n) is 4.41. The number of amides is 2. The number of benzene rings is 2. The number of likely N-dealkylation sites (tertiary alicyclic amines) is 1. The van der Waals surface area contributed by atoms with E-state index in [1.165, 1.54) is 24.3 Å². The highest BCUT2D eigenvalue weighted by atomic mass is 19.1. The molecule has 2 heterocycles. The monoisotopic (exact) mass is 414 g/mol. The highest BCUT2D eigenvalue weighted by Gasteiger charge is 2.44. The molecule has 2 aromatic carbocycles. The summed E-state index contributed by atoms with van der Waals surface area (Å²) >= 11 is 0. The maximum absolute atomic E-state index is 14.4. The van der Waals surface area contributed by atoms with Gasteiger partial charge in [-0.3, -0.25) is 9.59 Å². The second kappa shape index (κ2) is 7.63. The Bertz CT molecular complexity index is 1040. The average molecular weight is 414 g/mol. The van der Waals surface area contributed by atoms with Crippen LogP contribution in [0, 0.1) is 29.3 Å². The summed E-state index contributed by atoms with van der Waals surface area (Å²) in [7, 11) is 0. The van der Waals surface area contributed by atoms with Gasteiger partial charge in [0.2, 0.25) is 0 Å². The molecule has 0 aliphatic carbocycles. The molecule has 30 heavy (non-hydrogen) atoms. The van der Waals surface area contributed by atoms with Crippen molar-refractivity contribution >= 4 is 23.1 Å². The van der Waals surface area contributed by atoms with Crippen LogP contribution in [0.25, 0.3) is 5.57 Å². The van der Waals surface area contributed by atoms with Crippen LogP contribution in [0.3, 0.4) is 0 Å². The summed E-state index contributed by atoms with van der Waals surface area (Å²) in [6, 6.07) is 7.86. The standard InChI is InChI=1S/C23H21F3N2O2/c1-13-9-14(2)12-27(11-13)21-20(15-3-5-16(24)6-4-15)22(29)28(23(21)30)19-10-17(25)7-8-18(19)26/h3-8,10,13-14H,9,11-12H2,1-2H3. The van der Waals surface area contributed by atoms with Gasteiger partial charge in [-0.2, -0.15) is 0 Å². The molecule has 2 aliphatic heterocycles. The Morgan fingerprint density at radius 3 is 2.07 bits per heavy atom. The summed E-state index contributed by atoms with van der Waals surface area (Å²) in [4.78, 5) is 29.2. The number of anilines is 1. The summed E-state index contributed by atoms with van der Waals surface area (Å²) in [5.74, 6) is -2.99. The van der Waals surface area contributed by atoms with E-state index in [1.807, 2.05) is 4.90 Å². The second-order valence-electron chi connectivity index (χ2n) is 8.12. The number of hydrogen-bond acceptors (Lipinski definition) is 3. The van der Waals surface area contributed by atoms with Crippen LogP contribution in [0.5, 0.6) is 0 Å². The van der Waals surface area contributed by atoms with E-state index >= 15 is 0 Å². The minimum Gasteiger partial charge on any atom is -0.366 e. The summed E-state index contributed by atoms with van der Waals surface area (Å²) < 4.78 is 41.7. The largest absolute Gasteiger partial charge is 0.366 e. The second-order valence-corrected chi connectivity index (χ2v) is 8.12. The number of carbonyl (C=O) groups is 2. The van der Waals surface area contributed by atoms with Crippen molar-refractivity contribution in [2.75, 3.05) is 18.0 Å². The highest BCUT2D eigenvalue weighted by Crippen LogP contribution is 2.38. The van der Waals surface area contributed by atoms with Crippen molar-refractivity contribution < 1.29 is 22.8 Å². The first-order valence-electron chi connectivity index (χ1n) is 9.85. The van der Waals surface area contributed by atoms with Crippen molar-refractivity contribution in [1.82, 2.24) is 4.90 Å². The van der Waals surface area contributed by atoms with Crippen molar-refractivity contribution in [3.05, 3.63) is 71.2 Å². The Kier molecular flexibility index (Phi) is 5.13. The van der Waals surface area contributed by atoms with Crippen LogP contribution in [0.1, 0.15) is 25.8 Å². The Labute approximate surface area is 172 Å². The van der Waals surface area contributed by atoms with Gasteiger partial charge in [0, 0.05) is 19.2 Å². The quantitative estimate of drug-likeness (QED) is 0.701. The number of nitrogens with zero attached hydrogens (tertiary/aromatic N) is 2. The van der Waals surface area contributed by atoms with Crippen molar-refractivity contribution in [1.29, 1.82) is 0 Å². The Morgan fingerprint density at radius 2 is 1.43 bits per heavy atom. The first kappa shape index (κ1) is 20.2. The molecular formula is C23H21F3N2O2. The topological polar surface area (TPSA) is 40.6 Å². The van der Waals surface area contributed by atoms with Gasteiger partial charge in [-0.05, 0) is 48.1 Å². The maximum atomic E-state index is 14.4. The molecule has 7 heteroatoms. The number of hydrogen-bond donors (Lipinski definition) is 0. The predicted octanol–water partition coefficient (Wildman–Crippen LogP) is 4.37. The number of halogens is 3. The molecule has 0 radical (unpaired) electrons. The van der Waals surface area contributed by atoms with E-state index in [1.54, 1.807) is 0 Å². The molecule has 2 amide bonds. The van der Waals surface area contributed by atoms with Crippen LogP contribution in [-0.2, 0) is 9.59 Å². The molecule has 4 nitrogen and oxygen atoms in total. The molecule has 0 N–H and O–H groups in total. The van der Waals surface area contributed by atoms with E-state index in [0.717, 1.165) is 24.6 Å². The number of rotatable bonds is 3. The van der Waals surface area contributed by atoms with Gasteiger partial charge in [-0.1, -0.05) is 26.0 Å². The minimum absolute atomic E-state index is 0.0740. The zero-order chi connectivity index (χ0) is 21.6. The van der Waals surface area contributed by atoms with Crippen molar-refractivity contribution in [3.8, 4) is 0 Å². The SMILES string of the molecule is CC1CC(C)CN(C2=C(c3ccc(F)cc3)C(=O)N(c3cc(F)ccc3F)C2=O)C1. The van der Waals surface area contributed by atoms with Crippen molar-refractivity contribution in [2.24, 2.45) is 11.8 Å². The fourth-order valence-corrected chi connectivity index (χ4v) is 4.41. The van der Waals surface area contributed by atoms with Gasteiger partial charge in [0.05, 0.1) is 11.3 Å². The van der Waals surface area contributed by atoms with E-state index in [0.29, 0.717) is 35.4 Å². The van der Waals surface area contributed by atoms with Gasteiger partial charge in [-0.15, -0.1) is 0 Å². The molecule has 0 saturated carbocycles. The molecule has 0 aromatic heterocycles. The van der Waals surface area contributed by atoms with E-state index in [9.17, 15) is 22.8 Å². The summed E-state index contributed by atoms with van der Waals surface area (Å²) in [5, 5.41) is 0. The minimum atomic E-state index is -0.877. The first-order valence-corrected chi connectivity index (χ1v) is 9.85. The summed E-state index contributed by atoms with van der Waals surface area (Å²) in [5.41, 5.74) is 0.145. The molecule has 0 bridgehead atoms. The normalized spacial score (nSPS) is 22.3. The Balaban J connectivity index is 1.86. The van der Waals surface area contributed by atoms with Crippen LogP contribution >= 0.6 is 0 Å². The molecular weight excluding hydrogens is 393 g/mol. The van der Waals surface area contributed by atoms with Crippen LogP contribution < -0.4 is 4.90 Å². The third-order valence-electron chi connectivity index (χ3n) is 5.53. The van der Waals surface area contributed by atoms with Gasteiger partial charge in [0.1, 0.15) is 23.1 Å². The van der Waals surface area contributed by atoms with E-state index < -0.39 is 35.0 Å². The average Bonchev–Trinajstić information content (AvgIpc) is 2.94. The molecule has 4 rings (SSSR count). The van der Waals surface area contributed by atoms with Crippen LogP contribution in [0.2, 0.25) is 0 Å². The lowest BCUT2D eigenvalue weighted by Crippen LogP contribution is -2.42. The lowest BCUT2D eigenvalue weighted by atomic mass is 9.91. The molecule has 1 saturated heterocycles. The zero-order valence-electron chi connectivity index (χ0n) is 16.7. The molecule has 156 valence electrons. The third kappa shape index (κ3) is 3.49. The van der Waals surface area contributed by atoms with Gasteiger partial charge in [-0.25, -0.2) is 18.1 Å². The number of imide groups is 1. The van der Waals surface area contributed by atoms with Gasteiger partial charge >= 0.3 is 0 Å². The fraction of sp³-hybridized carbons (Fsp3) is 0.304. The van der Waals surface area contributed by atoms with Crippen LogP contribution in [0.15, 0.2) is 48.2 Å². The number of carbonyl (C=O) groups excluding carboxylic acids is 2. The third-order valence-corrected chi connectivity index (χ3v) is 5.53. The summed E-state index contributed by atoms with van der Waals surface area (Å²) in [6.45, 7) is 5.24. The lowest BCUT2D eigenvalue weighted by molar-refractivity contribution is -0.121. The lowest BCUT2D eigenvalue weighted by Gasteiger charge is -2.37. The van der Waals surface area contributed by atoms with Crippen molar-refractivity contribution in [3.63, 3.8) is 0 Å². The Morgan fingerprint density at radius 1 is 0.833 bits per heavy atom. The van der Waals surface area contributed by atoms with Crippen LogP contribution in [-0.4, -0.2) is 29.8 Å². The summed E-state index contributed by atoms with van der Waals surface area (Å²) in [6.07, 6.45) is 0.986. The molecule has 0 spiro atoms. The molecule has 2 atom stereocenters. The van der Waals surface area contributed by atoms with E-state index in [-0.39, 0.29) is 11.3 Å². The molecule has 2 aliphatic rings. The molecule has 2 unspecified atom stereocenters. The number of piperidine rings is 1. The van der Waals surface area contributed by atoms with E-state index in [2.05, 4.69) is 13.8 Å². The Hall–Kier alpha value is -3.09. The van der Waals surface area contributed by atoms with Crippen molar-refractivity contribution in [2.45, 2.75) is 20.3 Å². The van der Waals surface area contributed by atoms with Crippen LogP contribution in [0.4, 0.5) is 18.9 Å². The molecule has 1 fully saturated rings. The van der Waals surface area contributed by atoms with Gasteiger partial charge in [0.25, 0.3) is 11.8 Å². The maximum Gasteiger partial charge on any atom is 0.282 e.